The summed E-state index contributed by atoms with van der Waals surface area (Å²) in [5.74, 6) is 1.89. The molecule has 0 atom stereocenters. The van der Waals surface area contributed by atoms with Crippen molar-refractivity contribution in [2.45, 2.75) is 39.1 Å². The fraction of sp³-hybridized carbons (Fsp3) is 0.436. The minimum Gasteiger partial charge on any atom is -0.508 e. The van der Waals surface area contributed by atoms with Gasteiger partial charge in [-0.25, -0.2) is 53.8 Å². The number of rotatable bonds is 7. The van der Waals surface area contributed by atoms with Crippen molar-refractivity contribution in [3.63, 3.8) is 0 Å². The van der Waals surface area contributed by atoms with Crippen LogP contribution in [0.4, 0.5) is 30.5 Å². The molecule has 2 saturated heterocycles. The zero-order valence-electron chi connectivity index (χ0n) is 35.9. The predicted molar refractivity (Wildman–Crippen MR) is 240 cm³/mol. The van der Waals surface area contributed by atoms with Crippen LogP contribution in [0.2, 0.25) is 0 Å². The molecule has 7 rings (SSSR count). The van der Waals surface area contributed by atoms with Crippen LogP contribution in [-0.2, 0) is 40.1 Å². The van der Waals surface area contributed by atoms with Crippen molar-refractivity contribution in [2.24, 2.45) is 0 Å². The topological polar surface area (TPSA) is 225 Å². The molecule has 0 amide bonds. The Morgan fingerprint density at radius 3 is 1.45 bits per heavy atom. The summed E-state index contributed by atoms with van der Waals surface area (Å²) in [6.45, 7) is 10.8. The van der Waals surface area contributed by atoms with Crippen molar-refractivity contribution in [3.05, 3.63) is 83.9 Å². The monoisotopic (exact) mass is 973 g/mol. The maximum absolute atomic E-state index is 12.4. The molecule has 1 N–H and O–H groups in total. The van der Waals surface area contributed by atoms with Gasteiger partial charge in [0, 0.05) is 69.2 Å². The number of aryl methyl sites for hydroxylation is 3. The van der Waals surface area contributed by atoms with Crippen LogP contribution in [0.3, 0.4) is 0 Å². The highest BCUT2D eigenvalue weighted by Gasteiger charge is 2.53. The van der Waals surface area contributed by atoms with Crippen molar-refractivity contribution in [3.8, 4) is 5.75 Å². The quantitative estimate of drug-likeness (QED) is 0.242. The fourth-order valence-electron chi connectivity index (χ4n) is 7.02. The summed E-state index contributed by atoms with van der Waals surface area (Å²) in [5.41, 5.74) is -1.50. The highest BCUT2D eigenvalue weighted by atomic mass is 32.3. The maximum atomic E-state index is 12.4. The largest absolute Gasteiger partial charge is 0.517 e. The summed E-state index contributed by atoms with van der Waals surface area (Å²) in [6.07, 6.45) is 7.50. The predicted octanol–water partition coefficient (Wildman–Crippen LogP) is 4.14. The molecule has 25 heteroatoms. The lowest BCUT2D eigenvalue weighted by Crippen LogP contribution is -2.44. The minimum atomic E-state index is -6.00. The van der Waals surface area contributed by atoms with E-state index in [4.69, 9.17) is 0 Å². The summed E-state index contributed by atoms with van der Waals surface area (Å²) in [4.78, 5) is 21.7. The molecule has 0 spiro atoms. The van der Waals surface area contributed by atoms with E-state index in [0.29, 0.717) is 51.0 Å². The van der Waals surface area contributed by atoms with E-state index in [9.17, 15) is 51.9 Å². The molecule has 0 bridgehead atoms. The first-order valence-corrected chi connectivity index (χ1v) is 26.6. The molecular weight excluding hydrogens is 924 g/mol. The number of halogens is 3. The van der Waals surface area contributed by atoms with Gasteiger partial charge in [-0.15, -0.1) is 0 Å². The Morgan fingerprint density at radius 2 is 1.02 bits per heavy atom. The van der Waals surface area contributed by atoms with Gasteiger partial charge in [0.05, 0.1) is 35.5 Å². The second kappa shape index (κ2) is 19.7. The van der Waals surface area contributed by atoms with Gasteiger partial charge < -0.3 is 14.9 Å². The standard InChI is InChI=1S/C16H22N4O2S.C15H20N4O3S.C8H8F3NO4S2/c1-12-9-14-15(10-13(12)2)17-11-18-16(14)19-5-4-6-20(8-7-19)23(3,21)22;1-11-8-12-13(9-14(11)20)16-10-17-15(12)18-4-3-5-19(7-6-18)23(2,21)22;1-17(13,14)12(7-5-3-2-4-6-7)18(15,16)8(9,10)11/h9-11H,4-8H2,1-3H3;8-10,20H,3-7H2,1-2H3;2-6H,1H3. The molecule has 2 aliphatic rings. The summed E-state index contributed by atoms with van der Waals surface area (Å²) in [5, 5.41) is 11.7. The average Bonchev–Trinajstić information content (AvgIpc) is 3.61. The van der Waals surface area contributed by atoms with Crippen molar-refractivity contribution in [2.75, 3.05) is 84.6 Å². The number of benzene rings is 3. The number of phenolic OH excluding ortho intramolecular Hbond substituents is 1. The molecular formula is C39H50F3N9O9S4. The first-order chi connectivity index (χ1) is 29.7. The SMILES string of the molecule is CS(=O)(=O)N(c1ccccc1)S(=O)(=O)C(F)(F)F.Cc1cc2c(N3CCCN(S(C)(=O)=O)CC3)ncnc2cc1O.Cc1cc2ncnc(N3CCCN(S(C)(=O)=O)CC3)c2cc1C. The van der Waals surface area contributed by atoms with Gasteiger partial charge in [-0.2, -0.15) is 25.3 Å². The molecule has 2 aliphatic heterocycles. The van der Waals surface area contributed by atoms with Gasteiger partial charge in [-0.1, -0.05) is 18.2 Å². The first kappa shape index (κ1) is 50.1. The van der Waals surface area contributed by atoms with E-state index in [0.717, 1.165) is 71.6 Å². The van der Waals surface area contributed by atoms with E-state index >= 15 is 0 Å². The summed E-state index contributed by atoms with van der Waals surface area (Å²) in [6, 6.07) is 13.5. The average molecular weight is 974 g/mol. The fourth-order valence-corrected chi connectivity index (χ4v) is 11.5. The molecule has 64 heavy (non-hydrogen) atoms. The van der Waals surface area contributed by atoms with Gasteiger partial charge in [-0.3, -0.25) is 0 Å². The normalized spacial score (nSPS) is 16.3. The second-order valence-corrected chi connectivity index (χ2v) is 23.1. The third-order valence-electron chi connectivity index (χ3n) is 10.4. The van der Waals surface area contributed by atoms with Crippen LogP contribution >= 0.6 is 0 Å². The van der Waals surface area contributed by atoms with E-state index in [1.165, 1.54) is 52.5 Å². The second-order valence-electron chi connectivity index (χ2n) is 15.3. The van der Waals surface area contributed by atoms with Gasteiger partial charge in [0.15, 0.2) is 0 Å². The van der Waals surface area contributed by atoms with E-state index in [1.54, 1.807) is 16.7 Å². The number of alkyl halides is 3. The van der Waals surface area contributed by atoms with Gasteiger partial charge in [0.1, 0.15) is 30.0 Å². The molecule has 350 valence electrons. The van der Waals surface area contributed by atoms with E-state index in [-0.39, 0.29) is 5.75 Å². The lowest BCUT2D eigenvalue weighted by atomic mass is 10.1. The Hall–Kier alpha value is -4.95. The smallest absolute Gasteiger partial charge is 0.508 e. The number of nitrogens with zero attached hydrogens (tertiary/aromatic N) is 9. The molecule has 3 aromatic carbocycles. The number of aromatic nitrogens is 4. The van der Waals surface area contributed by atoms with Crippen molar-refractivity contribution in [1.29, 1.82) is 0 Å². The number of sulfonamides is 4. The van der Waals surface area contributed by atoms with Crippen LogP contribution < -0.4 is 13.5 Å². The molecule has 18 nitrogen and oxygen atoms in total. The zero-order chi connectivity index (χ0) is 47.4. The lowest BCUT2D eigenvalue weighted by Gasteiger charge is -2.23. The number of phenols is 1. The van der Waals surface area contributed by atoms with E-state index < -0.39 is 55.0 Å². The minimum absolute atomic E-state index is 0.210. The summed E-state index contributed by atoms with van der Waals surface area (Å²) in [7, 11) is -16.9. The van der Waals surface area contributed by atoms with Crippen molar-refractivity contribution in [1.82, 2.24) is 28.5 Å². The highest BCUT2D eigenvalue weighted by Crippen LogP contribution is 2.33. The lowest BCUT2D eigenvalue weighted by molar-refractivity contribution is -0.0434. The van der Waals surface area contributed by atoms with Crippen LogP contribution in [0, 0.1) is 20.8 Å². The van der Waals surface area contributed by atoms with Crippen LogP contribution in [0.25, 0.3) is 21.8 Å². The van der Waals surface area contributed by atoms with Crippen LogP contribution in [-0.4, -0.2) is 144 Å². The van der Waals surface area contributed by atoms with Crippen molar-refractivity contribution < 1.29 is 51.9 Å². The third kappa shape index (κ3) is 12.0. The van der Waals surface area contributed by atoms with E-state index in [1.807, 2.05) is 13.0 Å². The molecule has 0 radical (unpaired) electrons. The number of hydrogen-bond donors (Lipinski definition) is 1. The molecule has 5 aromatic rings. The van der Waals surface area contributed by atoms with Crippen LogP contribution in [0.5, 0.6) is 5.75 Å². The third-order valence-corrected chi connectivity index (χ3v) is 16.4. The highest BCUT2D eigenvalue weighted by molar-refractivity contribution is 8.10. The van der Waals surface area contributed by atoms with Gasteiger partial charge in [0.2, 0.25) is 30.1 Å². The van der Waals surface area contributed by atoms with E-state index in [2.05, 4.69) is 55.7 Å². The summed E-state index contributed by atoms with van der Waals surface area (Å²) < 4.78 is 132. The Balaban J connectivity index is 0.000000183. The molecule has 0 unspecified atom stereocenters. The van der Waals surface area contributed by atoms with Crippen LogP contribution in [0.15, 0.2) is 67.3 Å². The summed E-state index contributed by atoms with van der Waals surface area (Å²) >= 11 is 0. The number of para-hydroxylation sites is 1. The molecule has 2 aromatic heterocycles. The number of fused-ring (bicyclic) bond motifs is 2. The Kier molecular flexibility index (Phi) is 15.4. The molecule has 0 saturated carbocycles. The number of hydrogen-bond acceptors (Lipinski definition) is 15. The number of anilines is 3. The maximum Gasteiger partial charge on any atom is 0.517 e. The molecule has 2 fully saturated rings. The zero-order valence-corrected chi connectivity index (χ0v) is 39.2. The Bertz CT molecular complexity index is 2790. The van der Waals surface area contributed by atoms with Gasteiger partial charge in [-0.05, 0) is 80.6 Å². The first-order valence-electron chi connectivity index (χ1n) is 19.6. The van der Waals surface area contributed by atoms with Crippen molar-refractivity contribution >= 4 is 79.2 Å². The van der Waals surface area contributed by atoms with Gasteiger partial charge >= 0.3 is 15.5 Å². The molecule has 0 aliphatic carbocycles. The Morgan fingerprint density at radius 1 is 0.578 bits per heavy atom. The van der Waals surface area contributed by atoms with Gasteiger partial charge in [0.25, 0.3) is 0 Å². The van der Waals surface area contributed by atoms with Crippen LogP contribution in [0.1, 0.15) is 29.5 Å². The molecule has 4 heterocycles. The number of aromatic hydroxyl groups is 1. The Labute approximate surface area is 371 Å².